The van der Waals surface area contributed by atoms with Gasteiger partial charge in [-0.15, -0.1) is 0 Å². The smallest absolute Gasteiger partial charge is 0.224 e. The summed E-state index contributed by atoms with van der Waals surface area (Å²) in [5.41, 5.74) is 1.24. The number of anilines is 1. The average molecular weight is 413 g/mol. The summed E-state index contributed by atoms with van der Waals surface area (Å²) in [7, 11) is 0. The maximum absolute atomic E-state index is 12.7. The van der Waals surface area contributed by atoms with E-state index in [9.17, 15) is 4.79 Å². The molecular formula is C22H28N4O2S. The van der Waals surface area contributed by atoms with Crippen molar-refractivity contribution in [3.63, 3.8) is 0 Å². The first kappa shape index (κ1) is 20.2. The number of hydrogen-bond donors (Lipinski definition) is 1. The number of hydrogen-bond acceptors (Lipinski definition) is 6. The highest BCUT2D eigenvalue weighted by Gasteiger charge is 2.28. The molecule has 4 rings (SSSR count). The van der Waals surface area contributed by atoms with Gasteiger partial charge in [0.05, 0.1) is 12.0 Å². The Hall–Kier alpha value is -2.12. The summed E-state index contributed by atoms with van der Waals surface area (Å²) in [6.45, 7) is 5.09. The lowest BCUT2D eigenvalue weighted by Gasteiger charge is -2.33. The predicted octanol–water partition coefficient (Wildman–Crippen LogP) is 3.45. The topological polar surface area (TPSA) is 67.4 Å². The molecule has 2 aliphatic heterocycles. The Morgan fingerprint density at radius 2 is 2.03 bits per heavy atom. The summed E-state index contributed by atoms with van der Waals surface area (Å²) in [4.78, 5) is 25.2. The number of nitrogens with one attached hydrogen (secondary N) is 1. The molecule has 2 atom stereocenters. The zero-order valence-electron chi connectivity index (χ0n) is 16.8. The SMILES string of the molecule is Cc1ccc(Sc2nccnc2N2CCC[C@@H](C(=O)NC[C@H]3CCCO3)C2)cc1. The molecule has 0 aliphatic carbocycles. The molecule has 1 N–H and O–H groups in total. The molecule has 2 saturated heterocycles. The van der Waals surface area contributed by atoms with Gasteiger partial charge in [-0.05, 0) is 44.7 Å². The molecule has 2 fully saturated rings. The molecule has 6 nitrogen and oxygen atoms in total. The predicted molar refractivity (Wildman–Crippen MR) is 114 cm³/mol. The number of nitrogens with zero attached hydrogens (tertiary/aromatic N) is 3. The molecule has 29 heavy (non-hydrogen) atoms. The van der Waals surface area contributed by atoms with Crippen molar-refractivity contribution in [1.82, 2.24) is 15.3 Å². The molecule has 2 aliphatic rings. The third kappa shape index (κ3) is 5.28. The number of carbonyl (C=O) groups is 1. The van der Waals surface area contributed by atoms with Gasteiger partial charge in [0.2, 0.25) is 5.91 Å². The highest BCUT2D eigenvalue weighted by molar-refractivity contribution is 7.99. The zero-order chi connectivity index (χ0) is 20.1. The Balaban J connectivity index is 1.41. The van der Waals surface area contributed by atoms with Crippen LogP contribution in [0.2, 0.25) is 0 Å². The molecular weight excluding hydrogens is 384 g/mol. The minimum atomic E-state index is -0.0237. The maximum Gasteiger partial charge on any atom is 0.224 e. The lowest BCUT2D eigenvalue weighted by atomic mass is 9.97. The van der Waals surface area contributed by atoms with Crippen LogP contribution in [0, 0.1) is 12.8 Å². The van der Waals surface area contributed by atoms with E-state index in [1.807, 2.05) is 0 Å². The molecule has 0 spiro atoms. The van der Waals surface area contributed by atoms with Crippen molar-refractivity contribution >= 4 is 23.5 Å². The molecule has 3 heterocycles. The number of aromatic nitrogens is 2. The summed E-state index contributed by atoms with van der Waals surface area (Å²) >= 11 is 1.62. The summed E-state index contributed by atoms with van der Waals surface area (Å²) in [6.07, 6.45) is 7.65. The van der Waals surface area contributed by atoms with Crippen molar-refractivity contribution < 1.29 is 9.53 Å². The highest BCUT2D eigenvalue weighted by Crippen LogP contribution is 2.34. The lowest BCUT2D eigenvalue weighted by Crippen LogP contribution is -2.45. The van der Waals surface area contributed by atoms with Crippen LogP contribution in [0.25, 0.3) is 0 Å². The van der Waals surface area contributed by atoms with Gasteiger partial charge < -0.3 is 15.0 Å². The van der Waals surface area contributed by atoms with E-state index >= 15 is 0 Å². The normalized spacial score (nSPS) is 21.9. The minimum absolute atomic E-state index is 0.0237. The Morgan fingerprint density at radius 1 is 1.21 bits per heavy atom. The standard InChI is InChI=1S/C22H28N4O2S/c1-16-6-8-19(9-7-16)29-22-20(23-10-11-24-22)26-12-2-4-17(15-26)21(27)25-14-18-5-3-13-28-18/h6-11,17-18H,2-5,12-15H2,1H3,(H,25,27)/t17-,18-/m1/s1. The van der Waals surface area contributed by atoms with Gasteiger partial charge >= 0.3 is 0 Å². The van der Waals surface area contributed by atoms with E-state index in [4.69, 9.17) is 4.74 Å². The van der Waals surface area contributed by atoms with Gasteiger partial charge in [0.15, 0.2) is 5.82 Å². The first-order valence-corrected chi connectivity index (χ1v) is 11.2. The second-order valence-corrected chi connectivity index (χ2v) is 8.83. The van der Waals surface area contributed by atoms with Gasteiger partial charge in [-0.1, -0.05) is 29.5 Å². The summed E-state index contributed by atoms with van der Waals surface area (Å²) in [6, 6.07) is 8.42. The zero-order valence-corrected chi connectivity index (χ0v) is 17.7. The van der Waals surface area contributed by atoms with Gasteiger partial charge in [-0.3, -0.25) is 4.79 Å². The van der Waals surface area contributed by atoms with Crippen LogP contribution in [0.3, 0.4) is 0 Å². The number of carbonyl (C=O) groups excluding carboxylic acids is 1. The molecule has 154 valence electrons. The van der Waals surface area contributed by atoms with Crippen molar-refractivity contribution in [1.29, 1.82) is 0 Å². The van der Waals surface area contributed by atoms with E-state index in [0.717, 1.165) is 54.6 Å². The third-order valence-corrected chi connectivity index (χ3v) is 6.49. The molecule has 0 saturated carbocycles. The van der Waals surface area contributed by atoms with Crippen LogP contribution in [0.4, 0.5) is 5.82 Å². The van der Waals surface area contributed by atoms with Crippen molar-refractivity contribution in [2.75, 3.05) is 31.1 Å². The van der Waals surface area contributed by atoms with Gasteiger partial charge in [-0.25, -0.2) is 9.97 Å². The number of piperidine rings is 1. The second-order valence-electron chi connectivity index (χ2n) is 7.77. The van der Waals surface area contributed by atoms with Crippen LogP contribution < -0.4 is 10.2 Å². The van der Waals surface area contributed by atoms with Crippen LogP contribution in [0.15, 0.2) is 46.6 Å². The number of aryl methyl sites for hydroxylation is 1. The van der Waals surface area contributed by atoms with Crippen LogP contribution in [-0.4, -0.2) is 48.2 Å². The molecule has 2 aromatic rings. The molecule has 0 unspecified atom stereocenters. The van der Waals surface area contributed by atoms with E-state index in [2.05, 4.69) is 51.4 Å². The summed E-state index contributed by atoms with van der Waals surface area (Å²) in [5.74, 6) is 0.973. The van der Waals surface area contributed by atoms with Crippen molar-refractivity contribution in [2.45, 2.75) is 48.6 Å². The monoisotopic (exact) mass is 412 g/mol. The van der Waals surface area contributed by atoms with Crippen LogP contribution >= 0.6 is 11.8 Å². The van der Waals surface area contributed by atoms with E-state index in [1.54, 1.807) is 24.2 Å². The Bertz CT molecular complexity index is 824. The fourth-order valence-electron chi connectivity index (χ4n) is 3.87. The van der Waals surface area contributed by atoms with Crippen molar-refractivity contribution in [3.05, 3.63) is 42.2 Å². The van der Waals surface area contributed by atoms with Crippen LogP contribution in [0.5, 0.6) is 0 Å². The first-order chi connectivity index (χ1) is 14.2. The van der Waals surface area contributed by atoms with Gasteiger partial charge in [0.1, 0.15) is 5.03 Å². The number of amides is 1. The Kier molecular flexibility index (Phi) is 6.67. The number of rotatable bonds is 6. The van der Waals surface area contributed by atoms with Crippen molar-refractivity contribution in [2.24, 2.45) is 5.92 Å². The van der Waals surface area contributed by atoms with Gasteiger partial charge in [0, 0.05) is 43.5 Å². The number of ether oxygens (including phenoxy) is 1. The molecule has 0 bridgehead atoms. The summed E-state index contributed by atoms with van der Waals surface area (Å²) < 4.78 is 5.61. The van der Waals surface area contributed by atoms with Crippen LogP contribution in [0.1, 0.15) is 31.2 Å². The molecule has 1 aromatic heterocycles. The number of benzene rings is 1. The second kappa shape index (κ2) is 9.59. The van der Waals surface area contributed by atoms with E-state index < -0.39 is 0 Å². The van der Waals surface area contributed by atoms with Crippen molar-refractivity contribution in [3.8, 4) is 0 Å². The molecule has 0 radical (unpaired) electrons. The largest absolute Gasteiger partial charge is 0.376 e. The molecule has 1 aromatic carbocycles. The minimum Gasteiger partial charge on any atom is -0.376 e. The Morgan fingerprint density at radius 3 is 2.83 bits per heavy atom. The summed E-state index contributed by atoms with van der Waals surface area (Å²) in [5, 5.41) is 3.98. The van der Waals surface area contributed by atoms with E-state index in [0.29, 0.717) is 13.1 Å². The third-order valence-electron chi connectivity index (χ3n) is 5.50. The lowest BCUT2D eigenvalue weighted by molar-refractivity contribution is -0.125. The fraction of sp³-hybridized carbons (Fsp3) is 0.500. The first-order valence-electron chi connectivity index (χ1n) is 10.4. The van der Waals surface area contributed by atoms with E-state index in [-0.39, 0.29) is 17.9 Å². The van der Waals surface area contributed by atoms with Crippen LogP contribution in [-0.2, 0) is 9.53 Å². The van der Waals surface area contributed by atoms with E-state index in [1.165, 1.54) is 5.56 Å². The highest BCUT2D eigenvalue weighted by atomic mass is 32.2. The Labute approximate surface area is 176 Å². The molecule has 7 heteroatoms. The van der Waals surface area contributed by atoms with Gasteiger partial charge in [0.25, 0.3) is 0 Å². The maximum atomic E-state index is 12.7. The molecule has 1 amide bonds. The fourth-order valence-corrected chi connectivity index (χ4v) is 4.75. The average Bonchev–Trinajstić information content (AvgIpc) is 3.28. The van der Waals surface area contributed by atoms with Gasteiger partial charge in [-0.2, -0.15) is 0 Å². The quantitative estimate of drug-likeness (QED) is 0.784.